The predicted octanol–water partition coefficient (Wildman–Crippen LogP) is 2.41. The molecule has 1 aromatic heterocycles. The van der Waals surface area contributed by atoms with Crippen LogP contribution in [0.5, 0.6) is 0 Å². The van der Waals surface area contributed by atoms with Crippen LogP contribution in [-0.2, 0) is 0 Å². The van der Waals surface area contributed by atoms with Gasteiger partial charge in [-0.1, -0.05) is 25.7 Å². The quantitative estimate of drug-likeness (QED) is 0.621. The molecule has 4 heteroatoms. The van der Waals surface area contributed by atoms with Gasteiger partial charge in [0.2, 0.25) is 5.78 Å². The lowest BCUT2D eigenvalue weighted by atomic mass is 9.88. The van der Waals surface area contributed by atoms with Crippen LogP contribution in [-0.4, -0.2) is 21.5 Å². The summed E-state index contributed by atoms with van der Waals surface area (Å²) < 4.78 is 0. The van der Waals surface area contributed by atoms with E-state index in [1.165, 1.54) is 11.3 Å². The van der Waals surface area contributed by atoms with Crippen LogP contribution in [0.4, 0.5) is 0 Å². The lowest BCUT2D eigenvalue weighted by Gasteiger charge is -2.23. The highest BCUT2D eigenvalue weighted by Crippen LogP contribution is 2.29. The Morgan fingerprint density at radius 2 is 2.00 bits per heavy atom. The molecule has 1 aliphatic carbocycles. The van der Waals surface area contributed by atoms with Gasteiger partial charge in [-0.05, 0) is 12.8 Å². The lowest BCUT2D eigenvalue weighted by Crippen LogP contribution is -2.38. The van der Waals surface area contributed by atoms with Crippen LogP contribution in [0.3, 0.4) is 0 Å². The number of carbonyl (C=O) groups excluding carboxylic acids is 1. The van der Waals surface area contributed by atoms with E-state index in [2.05, 4.69) is 4.98 Å². The maximum atomic E-state index is 12.0. The van der Waals surface area contributed by atoms with E-state index in [-0.39, 0.29) is 5.78 Å². The summed E-state index contributed by atoms with van der Waals surface area (Å²) in [5.41, 5.74) is 0.905. The first-order chi connectivity index (χ1) is 7.22. The number of aromatic nitrogens is 1. The van der Waals surface area contributed by atoms with E-state index in [1.807, 2.05) is 0 Å². The summed E-state index contributed by atoms with van der Waals surface area (Å²) in [7, 11) is 0. The molecule has 0 spiro atoms. The predicted molar refractivity (Wildman–Crippen MR) is 59.1 cm³/mol. The summed E-state index contributed by atoms with van der Waals surface area (Å²) in [6.07, 6.45) is 5.28. The second-order valence-corrected chi connectivity index (χ2v) is 4.87. The van der Waals surface area contributed by atoms with Crippen molar-refractivity contribution in [3.63, 3.8) is 0 Å². The van der Waals surface area contributed by atoms with E-state index in [1.54, 1.807) is 10.9 Å². The van der Waals surface area contributed by atoms with Gasteiger partial charge in [0.1, 0.15) is 11.3 Å². The Hall–Kier alpha value is -0.740. The molecule has 0 bridgehead atoms. The SMILES string of the molecule is O=C(c1cscn1)C1(O)CCCCCC1. The van der Waals surface area contributed by atoms with Crippen molar-refractivity contribution in [2.24, 2.45) is 0 Å². The fourth-order valence-electron chi connectivity index (χ4n) is 2.10. The zero-order valence-corrected chi connectivity index (χ0v) is 9.42. The first-order valence-corrected chi connectivity index (χ1v) is 6.32. The number of aliphatic hydroxyl groups is 1. The number of hydrogen-bond acceptors (Lipinski definition) is 4. The van der Waals surface area contributed by atoms with E-state index in [4.69, 9.17) is 0 Å². The van der Waals surface area contributed by atoms with Gasteiger partial charge in [0.05, 0.1) is 5.51 Å². The molecule has 15 heavy (non-hydrogen) atoms. The van der Waals surface area contributed by atoms with Crippen molar-refractivity contribution in [2.75, 3.05) is 0 Å². The maximum absolute atomic E-state index is 12.0. The zero-order chi connectivity index (χ0) is 10.7. The molecule has 1 aromatic rings. The van der Waals surface area contributed by atoms with Crippen LogP contribution >= 0.6 is 11.3 Å². The van der Waals surface area contributed by atoms with Gasteiger partial charge >= 0.3 is 0 Å². The first-order valence-electron chi connectivity index (χ1n) is 5.38. The van der Waals surface area contributed by atoms with E-state index in [0.29, 0.717) is 18.5 Å². The number of ketones is 1. The van der Waals surface area contributed by atoms with Crippen LogP contribution in [0, 0.1) is 0 Å². The van der Waals surface area contributed by atoms with Crippen molar-refractivity contribution in [1.29, 1.82) is 0 Å². The molecule has 1 heterocycles. The van der Waals surface area contributed by atoms with Crippen molar-refractivity contribution >= 4 is 17.1 Å². The fraction of sp³-hybridized carbons (Fsp3) is 0.636. The summed E-state index contributed by atoms with van der Waals surface area (Å²) in [5, 5.41) is 12.0. The number of rotatable bonds is 2. The number of nitrogens with zero attached hydrogens (tertiary/aromatic N) is 1. The largest absolute Gasteiger partial charge is 0.382 e. The van der Waals surface area contributed by atoms with Gasteiger partial charge in [-0.2, -0.15) is 0 Å². The van der Waals surface area contributed by atoms with Crippen molar-refractivity contribution in [2.45, 2.75) is 44.1 Å². The van der Waals surface area contributed by atoms with Crippen LogP contribution in [0.1, 0.15) is 49.0 Å². The van der Waals surface area contributed by atoms with E-state index in [0.717, 1.165) is 25.7 Å². The molecule has 0 radical (unpaired) electrons. The molecule has 82 valence electrons. The van der Waals surface area contributed by atoms with E-state index < -0.39 is 5.60 Å². The highest BCUT2D eigenvalue weighted by molar-refractivity contribution is 7.07. The minimum absolute atomic E-state index is 0.189. The Morgan fingerprint density at radius 1 is 1.33 bits per heavy atom. The summed E-state index contributed by atoms with van der Waals surface area (Å²) in [4.78, 5) is 16.0. The molecule has 0 atom stereocenters. The minimum Gasteiger partial charge on any atom is -0.382 e. The van der Waals surface area contributed by atoms with Gasteiger partial charge in [-0.3, -0.25) is 4.79 Å². The second kappa shape index (κ2) is 4.41. The van der Waals surface area contributed by atoms with Gasteiger partial charge in [-0.15, -0.1) is 11.3 Å². The second-order valence-electron chi connectivity index (χ2n) is 4.15. The van der Waals surface area contributed by atoms with Crippen LogP contribution in [0.25, 0.3) is 0 Å². The zero-order valence-electron chi connectivity index (χ0n) is 8.61. The molecule has 3 nitrogen and oxygen atoms in total. The molecule has 0 amide bonds. The van der Waals surface area contributed by atoms with Crippen LogP contribution < -0.4 is 0 Å². The van der Waals surface area contributed by atoms with Crippen LogP contribution in [0.2, 0.25) is 0 Å². The highest BCUT2D eigenvalue weighted by atomic mass is 32.1. The molecule has 0 unspecified atom stereocenters. The summed E-state index contributed by atoms with van der Waals surface area (Å²) >= 11 is 1.39. The standard InChI is InChI=1S/C11H15NO2S/c13-10(9-7-15-8-12-9)11(14)5-3-1-2-4-6-11/h7-8,14H,1-6H2. The van der Waals surface area contributed by atoms with Gasteiger partial charge in [-0.25, -0.2) is 4.98 Å². The number of hydrogen-bond donors (Lipinski definition) is 1. The lowest BCUT2D eigenvalue weighted by molar-refractivity contribution is 0.0234. The van der Waals surface area contributed by atoms with Gasteiger partial charge in [0, 0.05) is 5.38 Å². The third-order valence-electron chi connectivity index (χ3n) is 3.02. The van der Waals surface area contributed by atoms with Crippen molar-refractivity contribution in [3.05, 3.63) is 16.6 Å². The van der Waals surface area contributed by atoms with Crippen molar-refractivity contribution in [1.82, 2.24) is 4.98 Å². The number of Topliss-reactive ketones (excluding diaryl/α,β-unsaturated/α-hetero) is 1. The molecule has 0 saturated heterocycles. The third-order valence-corrected chi connectivity index (χ3v) is 3.60. The number of carbonyl (C=O) groups is 1. The Balaban J connectivity index is 2.16. The van der Waals surface area contributed by atoms with Crippen molar-refractivity contribution in [3.8, 4) is 0 Å². The maximum Gasteiger partial charge on any atom is 0.213 e. The fourth-order valence-corrected chi connectivity index (χ4v) is 2.64. The van der Waals surface area contributed by atoms with Gasteiger partial charge < -0.3 is 5.11 Å². The Morgan fingerprint density at radius 3 is 2.53 bits per heavy atom. The molecule has 1 saturated carbocycles. The minimum atomic E-state index is -1.15. The van der Waals surface area contributed by atoms with E-state index >= 15 is 0 Å². The summed E-state index contributed by atoms with van der Waals surface area (Å²) in [5.74, 6) is -0.189. The smallest absolute Gasteiger partial charge is 0.213 e. The topological polar surface area (TPSA) is 50.2 Å². The Bertz CT molecular complexity index is 326. The molecule has 0 aromatic carbocycles. The third kappa shape index (κ3) is 2.26. The molecule has 1 aliphatic rings. The summed E-state index contributed by atoms with van der Waals surface area (Å²) in [6, 6.07) is 0. The van der Waals surface area contributed by atoms with Gasteiger partial charge in [0.25, 0.3) is 0 Å². The van der Waals surface area contributed by atoms with Crippen molar-refractivity contribution < 1.29 is 9.90 Å². The first kappa shape index (κ1) is 10.8. The molecular weight excluding hydrogens is 210 g/mol. The average molecular weight is 225 g/mol. The molecule has 1 N–H and O–H groups in total. The monoisotopic (exact) mass is 225 g/mol. The number of thiazole rings is 1. The molecular formula is C11H15NO2S. The normalized spacial score (nSPS) is 20.9. The molecule has 2 rings (SSSR count). The Kier molecular flexibility index (Phi) is 3.17. The Labute approximate surface area is 93.2 Å². The molecule has 0 aliphatic heterocycles. The van der Waals surface area contributed by atoms with Gasteiger partial charge in [0.15, 0.2) is 0 Å². The molecule has 1 fully saturated rings. The average Bonchev–Trinajstić information content (AvgIpc) is 2.67. The van der Waals surface area contributed by atoms with Crippen LogP contribution in [0.15, 0.2) is 10.9 Å². The highest BCUT2D eigenvalue weighted by Gasteiger charge is 2.37. The summed E-state index contributed by atoms with van der Waals surface area (Å²) in [6.45, 7) is 0. The van der Waals surface area contributed by atoms with E-state index in [9.17, 15) is 9.90 Å².